The van der Waals surface area contributed by atoms with Crippen molar-refractivity contribution in [2.75, 3.05) is 0 Å². The Morgan fingerprint density at radius 3 is 2.24 bits per heavy atom. The Bertz CT molecular complexity index is 752. The second kappa shape index (κ2) is 6.57. The van der Waals surface area contributed by atoms with Gasteiger partial charge in [-0.05, 0) is 23.8 Å². The number of rotatable bonds is 3. The first-order valence-electron chi connectivity index (χ1n) is 6.65. The van der Waals surface area contributed by atoms with Crippen LogP contribution in [0.25, 0.3) is 0 Å². The maximum absolute atomic E-state index is 13.2. The fourth-order valence-corrected chi connectivity index (χ4v) is 2.29. The molecule has 0 unspecified atom stereocenters. The molecule has 0 amide bonds. The van der Waals surface area contributed by atoms with E-state index in [1.165, 1.54) is 30.3 Å². The van der Waals surface area contributed by atoms with Crippen LogP contribution < -0.4 is 19.9 Å². The molecule has 2 aromatic carbocycles. The van der Waals surface area contributed by atoms with Gasteiger partial charge in [-0.2, -0.15) is 0 Å². The van der Waals surface area contributed by atoms with E-state index in [1.54, 1.807) is 0 Å². The number of benzene rings is 2. The molecular weight excluding hydrogens is 373 g/mol. The molecule has 136 valence electrons. The molecule has 2 N–H and O–H groups in total. The number of fused-ring (bicyclic) bond motifs is 1. The van der Waals surface area contributed by atoms with Gasteiger partial charge < -0.3 is 19.9 Å². The molecule has 3 rings (SSSR count). The van der Waals surface area contributed by atoms with Crippen LogP contribution in [0.4, 0.5) is 22.0 Å². The fraction of sp³-hybridized carbons (Fsp3) is 0.200. The van der Waals surface area contributed by atoms with E-state index in [4.69, 9.17) is 5.73 Å². The van der Waals surface area contributed by atoms with E-state index in [9.17, 15) is 22.0 Å². The molecule has 0 radical (unpaired) electrons. The zero-order chi connectivity index (χ0) is 17.5. The van der Waals surface area contributed by atoms with Gasteiger partial charge in [-0.25, -0.2) is 0 Å². The van der Waals surface area contributed by atoms with Crippen molar-refractivity contribution in [3.63, 3.8) is 0 Å². The van der Waals surface area contributed by atoms with Crippen molar-refractivity contribution in [3.8, 4) is 17.2 Å². The normalized spacial score (nSPS) is 16.1. The summed E-state index contributed by atoms with van der Waals surface area (Å²) in [5, 5.41) is 0. The zero-order valence-corrected chi connectivity index (χ0v) is 13.0. The van der Waals surface area contributed by atoms with Gasteiger partial charge in [0.05, 0.1) is 6.04 Å². The molecule has 0 saturated heterocycles. The highest BCUT2D eigenvalue weighted by molar-refractivity contribution is 5.85. The molecule has 0 fully saturated rings. The summed E-state index contributed by atoms with van der Waals surface area (Å²) in [7, 11) is 0. The number of ether oxygens (including phenoxy) is 3. The van der Waals surface area contributed by atoms with Crippen molar-refractivity contribution in [1.82, 2.24) is 0 Å². The van der Waals surface area contributed by atoms with Crippen LogP contribution in [0.3, 0.4) is 0 Å². The molecule has 0 spiro atoms. The van der Waals surface area contributed by atoms with Gasteiger partial charge in [0.1, 0.15) is 5.75 Å². The van der Waals surface area contributed by atoms with Crippen molar-refractivity contribution < 1.29 is 36.2 Å². The maximum atomic E-state index is 13.2. The molecule has 0 bridgehead atoms. The molecule has 4 nitrogen and oxygen atoms in total. The molecule has 0 saturated carbocycles. The lowest BCUT2D eigenvalue weighted by Crippen LogP contribution is -2.26. The first-order valence-corrected chi connectivity index (χ1v) is 6.65. The lowest BCUT2D eigenvalue weighted by Gasteiger charge is -2.16. The van der Waals surface area contributed by atoms with Gasteiger partial charge in [-0.15, -0.1) is 34.4 Å². The minimum Gasteiger partial charge on any atom is -0.406 e. The van der Waals surface area contributed by atoms with Gasteiger partial charge in [0.2, 0.25) is 0 Å². The third-order valence-electron chi connectivity index (χ3n) is 3.27. The van der Waals surface area contributed by atoms with Crippen LogP contribution >= 0.6 is 12.4 Å². The summed E-state index contributed by atoms with van der Waals surface area (Å²) >= 11 is 0. The van der Waals surface area contributed by atoms with Gasteiger partial charge >= 0.3 is 12.7 Å². The zero-order valence-electron chi connectivity index (χ0n) is 12.2. The highest BCUT2D eigenvalue weighted by atomic mass is 35.5. The average Bonchev–Trinajstić information content (AvgIpc) is 2.79. The summed E-state index contributed by atoms with van der Waals surface area (Å²) in [5.41, 5.74) is 6.61. The number of hydrogen-bond acceptors (Lipinski definition) is 4. The van der Waals surface area contributed by atoms with Crippen molar-refractivity contribution >= 4 is 12.4 Å². The molecule has 1 aliphatic rings. The smallest absolute Gasteiger partial charge is 0.406 e. The largest absolute Gasteiger partial charge is 0.586 e. The maximum Gasteiger partial charge on any atom is 0.586 e. The van der Waals surface area contributed by atoms with Crippen LogP contribution in [0.2, 0.25) is 0 Å². The molecule has 1 atom stereocenters. The Balaban J connectivity index is 0.00000225. The predicted molar refractivity (Wildman–Crippen MR) is 79.0 cm³/mol. The monoisotopic (exact) mass is 383 g/mol. The highest BCUT2D eigenvalue weighted by Crippen LogP contribution is 2.45. The second-order valence-corrected chi connectivity index (χ2v) is 4.94. The minimum absolute atomic E-state index is 0. The van der Waals surface area contributed by atoms with Crippen LogP contribution in [0.15, 0.2) is 42.5 Å². The van der Waals surface area contributed by atoms with E-state index in [-0.39, 0.29) is 29.5 Å². The van der Waals surface area contributed by atoms with E-state index in [0.717, 1.165) is 12.1 Å². The standard InChI is InChI=1S/C15H10F5NO3.ClH/c16-14(17,18)22-9-6-4-8(5-7-9)12(21)10-2-1-3-11-13(10)24-15(19,20)23-11;/h1-7,12H,21H2;1H/t12-;/m1./s1. The Morgan fingerprint density at radius 1 is 1.00 bits per heavy atom. The summed E-state index contributed by atoms with van der Waals surface area (Å²) in [4.78, 5) is 0. The van der Waals surface area contributed by atoms with Crippen LogP contribution in [0.5, 0.6) is 17.2 Å². The number of alkyl halides is 5. The molecular formula is C15H11ClF5NO3. The second-order valence-electron chi connectivity index (χ2n) is 4.94. The summed E-state index contributed by atoms with van der Waals surface area (Å²) in [6.45, 7) is 0. The van der Waals surface area contributed by atoms with E-state index in [1.807, 2.05) is 0 Å². The molecule has 0 aliphatic carbocycles. The van der Waals surface area contributed by atoms with Gasteiger partial charge in [-0.3, -0.25) is 0 Å². The van der Waals surface area contributed by atoms with Crippen molar-refractivity contribution in [1.29, 1.82) is 0 Å². The lowest BCUT2D eigenvalue weighted by atomic mass is 9.98. The Morgan fingerprint density at radius 2 is 1.64 bits per heavy atom. The topological polar surface area (TPSA) is 53.7 Å². The Hall–Kier alpha value is -2.26. The van der Waals surface area contributed by atoms with Crippen molar-refractivity contribution in [3.05, 3.63) is 53.6 Å². The predicted octanol–water partition coefficient (Wildman–Crippen LogP) is 4.38. The van der Waals surface area contributed by atoms with Crippen LogP contribution in [0, 0.1) is 0 Å². The highest BCUT2D eigenvalue weighted by Gasteiger charge is 2.45. The van der Waals surface area contributed by atoms with Crippen LogP contribution in [-0.2, 0) is 0 Å². The molecule has 25 heavy (non-hydrogen) atoms. The molecule has 0 aromatic heterocycles. The van der Waals surface area contributed by atoms with Crippen LogP contribution in [-0.4, -0.2) is 12.7 Å². The first-order chi connectivity index (χ1) is 11.1. The molecule has 2 aromatic rings. The summed E-state index contributed by atoms with van der Waals surface area (Å²) in [6, 6.07) is 8.09. The summed E-state index contributed by atoms with van der Waals surface area (Å²) in [6.07, 6.45) is -8.59. The van der Waals surface area contributed by atoms with Crippen molar-refractivity contribution in [2.45, 2.75) is 18.7 Å². The Labute approximate surface area is 144 Å². The van der Waals surface area contributed by atoms with Gasteiger partial charge in [0.25, 0.3) is 0 Å². The molecule has 1 aliphatic heterocycles. The van der Waals surface area contributed by atoms with Gasteiger partial charge in [0.15, 0.2) is 11.5 Å². The summed E-state index contributed by atoms with van der Waals surface area (Å²) < 4.78 is 75.3. The molecule has 10 heteroatoms. The van der Waals surface area contributed by atoms with E-state index in [0.29, 0.717) is 5.56 Å². The van der Waals surface area contributed by atoms with E-state index < -0.39 is 24.4 Å². The van der Waals surface area contributed by atoms with Gasteiger partial charge in [-0.1, -0.05) is 24.3 Å². The minimum atomic E-state index is -4.80. The third kappa shape index (κ3) is 4.23. The lowest BCUT2D eigenvalue weighted by molar-refractivity contribution is -0.287. The number of halogens is 6. The Kier molecular flexibility index (Phi) is 5.01. The third-order valence-corrected chi connectivity index (χ3v) is 3.27. The summed E-state index contributed by atoms with van der Waals surface area (Å²) in [5.74, 6) is -0.779. The van der Waals surface area contributed by atoms with E-state index >= 15 is 0 Å². The quantitative estimate of drug-likeness (QED) is 0.799. The van der Waals surface area contributed by atoms with Crippen LogP contribution in [0.1, 0.15) is 17.2 Å². The SMILES string of the molecule is Cl.N[C@H](c1ccc(OC(F)(F)F)cc1)c1cccc2c1OC(F)(F)O2. The number of para-hydroxylation sites is 1. The van der Waals surface area contributed by atoms with Crippen molar-refractivity contribution in [2.24, 2.45) is 5.73 Å². The van der Waals surface area contributed by atoms with Gasteiger partial charge in [0, 0.05) is 5.56 Å². The molecule has 1 heterocycles. The first kappa shape index (κ1) is 19.1. The van der Waals surface area contributed by atoms with E-state index in [2.05, 4.69) is 14.2 Å². The average molecular weight is 384 g/mol. The number of hydrogen-bond donors (Lipinski definition) is 1. The number of nitrogens with two attached hydrogens (primary N) is 1. The fourth-order valence-electron chi connectivity index (χ4n) is 2.29.